The standard InChI is InChI=1S/C16H12N2O2.C8H12N2O2/c1-11-7-13(3-5-15(11)17-9-19)14-4-6-16(18-10-20)12(2)8-14;11-7-9-5-3-1-2-4-6-10-8-12/h3-8H,1-2H3;1-6H2. The molecule has 0 unspecified atom stereocenters. The van der Waals surface area contributed by atoms with E-state index in [4.69, 9.17) is 0 Å². The van der Waals surface area contributed by atoms with Crippen LogP contribution in [-0.2, 0) is 19.2 Å². The SMILES string of the molecule is Cc1cc(-c2ccc(N=C=O)c(C)c2)ccc1N=C=O.O=C=NCCCCCCN=C=O. The van der Waals surface area contributed by atoms with Crippen molar-refractivity contribution in [2.24, 2.45) is 20.0 Å². The number of carbonyl (C=O) groups excluding carboxylic acids is 4. The zero-order chi connectivity index (χ0) is 23.6. The summed E-state index contributed by atoms with van der Waals surface area (Å²) in [7, 11) is 0. The van der Waals surface area contributed by atoms with Gasteiger partial charge in [-0.1, -0.05) is 25.0 Å². The Morgan fingerprint density at radius 1 is 0.594 bits per heavy atom. The molecule has 0 aromatic heterocycles. The van der Waals surface area contributed by atoms with Crippen LogP contribution in [0.25, 0.3) is 11.1 Å². The van der Waals surface area contributed by atoms with Gasteiger partial charge in [0.15, 0.2) is 0 Å². The predicted molar refractivity (Wildman–Crippen MR) is 121 cm³/mol. The smallest absolute Gasteiger partial charge is 0.211 e. The maximum absolute atomic E-state index is 10.3. The molecule has 8 heteroatoms. The minimum atomic E-state index is 0.556. The third kappa shape index (κ3) is 9.64. The molecular weight excluding hydrogens is 408 g/mol. The summed E-state index contributed by atoms with van der Waals surface area (Å²) in [6.45, 7) is 4.88. The van der Waals surface area contributed by atoms with E-state index in [0.29, 0.717) is 24.5 Å². The maximum Gasteiger partial charge on any atom is 0.240 e. The van der Waals surface area contributed by atoms with Crippen molar-refractivity contribution in [3.63, 3.8) is 0 Å². The van der Waals surface area contributed by atoms with Crippen LogP contribution < -0.4 is 0 Å². The zero-order valence-electron chi connectivity index (χ0n) is 18.1. The largest absolute Gasteiger partial charge is 0.240 e. The molecule has 32 heavy (non-hydrogen) atoms. The summed E-state index contributed by atoms with van der Waals surface area (Å²) in [5.74, 6) is 0. The highest BCUT2D eigenvalue weighted by atomic mass is 16.1. The van der Waals surface area contributed by atoms with E-state index in [1.807, 2.05) is 38.1 Å². The van der Waals surface area contributed by atoms with E-state index in [1.54, 1.807) is 24.3 Å². The number of aliphatic imine (C=N–C) groups is 4. The lowest BCUT2D eigenvalue weighted by atomic mass is 10.00. The average molecular weight is 432 g/mol. The second-order valence-corrected chi connectivity index (χ2v) is 6.77. The van der Waals surface area contributed by atoms with Gasteiger partial charge in [-0.3, -0.25) is 0 Å². The van der Waals surface area contributed by atoms with Gasteiger partial charge < -0.3 is 0 Å². The monoisotopic (exact) mass is 432 g/mol. The normalized spacial score (nSPS) is 9.06. The Hall–Kier alpha value is -4.04. The number of isocyanates is 4. The van der Waals surface area contributed by atoms with Gasteiger partial charge in [-0.25, -0.2) is 29.2 Å². The first-order valence-corrected chi connectivity index (χ1v) is 10.0. The molecule has 0 N–H and O–H groups in total. The molecule has 0 spiro atoms. The Bertz CT molecular complexity index is 1000. The fraction of sp³-hybridized carbons (Fsp3) is 0.333. The van der Waals surface area contributed by atoms with Crippen molar-refractivity contribution in [3.8, 4) is 11.1 Å². The summed E-state index contributed by atoms with van der Waals surface area (Å²) in [6.07, 6.45) is 9.88. The van der Waals surface area contributed by atoms with Crippen LogP contribution in [0.5, 0.6) is 0 Å². The fourth-order valence-electron chi connectivity index (χ4n) is 2.85. The summed E-state index contributed by atoms with van der Waals surface area (Å²) < 4.78 is 0. The molecule has 0 amide bonds. The summed E-state index contributed by atoms with van der Waals surface area (Å²) >= 11 is 0. The molecule has 0 bridgehead atoms. The molecular formula is C24H24N4O4. The Kier molecular flexibility index (Phi) is 12.8. The van der Waals surface area contributed by atoms with Gasteiger partial charge in [0, 0.05) is 0 Å². The topological polar surface area (TPSA) is 118 Å². The number of rotatable bonds is 10. The molecule has 0 aliphatic rings. The van der Waals surface area contributed by atoms with Crippen LogP contribution in [0, 0.1) is 13.8 Å². The molecule has 0 atom stereocenters. The van der Waals surface area contributed by atoms with Gasteiger partial charge in [0.1, 0.15) is 0 Å². The predicted octanol–water partition coefficient (Wildman–Crippen LogP) is 5.12. The number of aryl methyl sites for hydroxylation is 2. The Morgan fingerprint density at radius 3 is 1.31 bits per heavy atom. The Labute approximate surface area is 186 Å². The van der Waals surface area contributed by atoms with Gasteiger partial charge in [-0.05, 0) is 73.2 Å². The first kappa shape index (κ1) is 26.0. The van der Waals surface area contributed by atoms with E-state index < -0.39 is 0 Å². The number of benzene rings is 2. The zero-order valence-corrected chi connectivity index (χ0v) is 18.1. The highest BCUT2D eigenvalue weighted by molar-refractivity contribution is 5.71. The van der Waals surface area contributed by atoms with Crippen LogP contribution in [0.3, 0.4) is 0 Å². The van der Waals surface area contributed by atoms with Gasteiger partial charge >= 0.3 is 0 Å². The second kappa shape index (κ2) is 15.8. The Morgan fingerprint density at radius 2 is 1.00 bits per heavy atom. The minimum Gasteiger partial charge on any atom is -0.211 e. The summed E-state index contributed by atoms with van der Waals surface area (Å²) in [6, 6.07) is 11.2. The number of hydrogen-bond acceptors (Lipinski definition) is 8. The van der Waals surface area contributed by atoms with Crippen LogP contribution in [0.2, 0.25) is 0 Å². The summed E-state index contributed by atoms with van der Waals surface area (Å²) in [5.41, 5.74) is 5.05. The molecule has 0 heterocycles. The average Bonchev–Trinajstić information content (AvgIpc) is 2.79. The van der Waals surface area contributed by atoms with E-state index in [1.165, 1.54) is 12.2 Å². The van der Waals surface area contributed by atoms with Crippen molar-refractivity contribution < 1.29 is 19.2 Å². The van der Waals surface area contributed by atoms with Crippen molar-refractivity contribution >= 4 is 35.7 Å². The lowest BCUT2D eigenvalue weighted by Gasteiger charge is -2.07. The van der Waals surface area contributed by atoms with Crippen LogP contribution in [0.15, 0.2) is 56.4 Å². The van der Waals surface area contributed by atoms with E-state index >= 15 is 0 Å². The van der Waals surface area contributed by atoms with Crippen molar-refractivity contribution in [3.05, 3.63) is 47.5 Å². The molecule has 0 fully saturated rings. The molecule has 2 aromatic rings. The third-order valence-electron chi connectivity index (χ3n) is 4.48. The van der Waals surface area contributed by atoms with Crippen molar-refractivity contribution in [1.29, 1.82) is 0 Å². The maximum atomic E-state index is 10.3. The summed E-state index contributed by atoms with van der Waals surface area (Å²) in [5, 5.41) is 0. The van der Waals surface area contributed by atoms with E-state index in [-0.39, 0.29) is 0 Å². The first-order valence-electron chi connectivity index (χ1n) is 10.0. The molecule has 164 valence electrons. The van der Waals surface area contributed by atoms with Crippen LogP contribution in [-0.4, -0.2) is 37.4 Å². The van der Waals surface area contributed by atoms with Gasteiger partial charge in [0.25, 0.3) is 0 Å². The van der Waals surface area contributed by atoms with Crippen molar-refractivity contribution in [2.45, 2.75) is 39.5 Å². The minimum absolute atomic E-state index is 0.556. The van der Waals surface area contributed by atoms with Gasteiger partial charge in [0.2, 0.25) is 24.3 Å². The second-order valence-electron chi connectivity index (χ2n) is 6.77. The molecule has 8 nitrogen and oxygen atoms in total. The molecule has 0 aliphatic heterocycles. The first-order chi connectivity index (χ1) is 15.6. The van der Waals surface area contributed by atoms with Crippen LogP contribution >= 0.6 is 0 Å². The molecule has 0 aliphatic carbocycles. The van der Waals surface area contributed by atoms with E-state index in [9.17, 15) is 19.2 Å². The molecule has 2 aromatic carbocycles. The molecule has 0 radical (unpaired) electrons. The van der Waals surface area contributed by atoms with Gasteiger partial charge in [-0.2, -0.15) is 9.98 Å². The molecule has 0 saturated carbocycles. The van der Waals surface area contributed by atoms with Gasteiger partial charge in [0.05, 0.1) is 24.5 Å². The van der Waals surface area contributed by atoms with Gasteiger partial charge in [-0.15, -0.1) is 0 Å². The highest BCUT2D eigenvalue weighted by Gasteiger charge is 2.04. The number of hydrogen-bond donors (Lipinski definition) is 0. The molecule has 2 rings (SSSR count). The van der Waals surface area contributed by atoms with Crippen LogP contribution in [0.1, 0.15) is 36.8 Å². The van der Waals surface area contributed by atoms with Crippen molar-refractivity contribution in [2.75, 3.05) is 13.1 Å². The Balaban J connectivity index is 0.000000368. The molecule has 0 saturated heterocycles. The number of nitrogens with zero attached hydrogens (tertiary/aromatic N) is 4. The highest BCUT2D eigenvalue weighted by Crippen LogP contribution is 2.29. The van der Waals surface area contributed by atoms with Crippen LogP contribution in [0.4, 0.5) is 11.4 Å². The quantitative estimate of drug-likeness (QED) is 0.294. The van der Waals surface area contributed by atoms with E-state index in [0.717, 1.165) is 47.9 Å². The number of unbranched alkanes of at least 4 members (excludes halogenated alkanes) is 3. The lowest BCUT2D eigenvalue weighted by Crippen LogP contribution is -1.84. The van der Waals surface area contributed by atoms with E-state index in [2.05, 4.69) is 20.0 Å². The lowest BCUT2D eigenvalue weighted by molar-refractivity contribution is 0.558. The summed E-state index contributed by atoms with van der Waals surface area (Å²) in [4.78, 5) is 53.9. The fourth-order valence-corrected chi connectivity index (χ4v) is 2.85. The van der Waals surface area contributed by atoms with Crippen molar-refractivity contribution in [1.82, 2.24) is 0 Å². The third-order valence-corrected chi connectivity index (χ3v) is 4.48.